The minimum atomic E-state index is -0.994. The van der Waals surface area contributed by atoms with Gasteiger partial charge in [0.15, 0.2) is 22.8 Å². The summed E-state index contributed by atoms with van der Waals surface area (Å²) in [7, 11) is 1.10. The lowest BCUT2D eigenvalue weighted by molar-refractivity contribution is 0.0595. The van der Waals surface area contributed by atoms with Crippen molar-refractivity contribution in [2.45, 2.75) is 0 Å². The normalized spacial score (nSPS) is 10.8. The highest BCUT2D eigenvalue weighted by atomic mass is 79.9. The van der Waals surface area contributed by atoms with Crippen molar-refractivity contribution in [3.8, 4) is 0 Å². The number of hydrogen-bond donors (Lipinski definition) is 2. The SMILES string of the molecule is COC(=O)c1nc2c(N)noc2c(F)c1Nc1ccc(Br)cc1F. The first kappa shape index (κ1) is 16.1. The Kier molecular flexibility index (Phi) is 4.06. The topological polar surface area (TPSA) is 103 Å². The largest absolute Gasteiger partial charge is 0.464 e. The molecule has 0 aliphatic carbocycles. The van der Waals surface area contributed by atoms with Gasteiger partial charge in [-0.05, 0) is 18.2 Å². The monoisotopic (exact) mass is 398 g/mol. The number of nitrogens with one attached hydrogen (secondary N) is 1. The summed E-state index contributed by atoms with van der Waals surface area (Å²) < 4.78 is 38.5. The molecular formula is C14H9BrF2N4O3. The number of nitrogens with zero attached hydrogens (tertiary/aromatic N) is 2. The average molecular weight is 399 g/mol. The molecule has 0 aliphatic heterocycles. The molecule has 3 rings (SSSR count). The fraction of sp³-hybridized carbons (Fsp3) is 0.0714. The number of carbonyl (C=O) groups excluding carboxylic acids is 1. The number of esters is 1. The first-order chi connectivity index (χ1) is 11.4. The quantitative estimate of drug-likeness (QED) is 0.651. The molecule has 10 heteroatoms. The van der Waals surface area contributed by atoms with Gasteiger partial charge in [-0.1, -0.05) is 21.1 Å². The number of nitrogen functional groups attached to an aromatic ring is 1. The Morgan fingerprint density at radius 3 is 2.83 bits per heavy atom. The third-order valence-electron chi connectivity index (χ3n) is 3.14. The number of ether oxygens (including phenoxy) is 1. The minimum Gasteiger partial charge on any atom is -0.464 e. The summed E-state index contributed by atoms with van der Waals surface area (Å²) >= 11 is 3.11. The Balaban J connectivity index is 2.21. The van der Waals surface area contributed by atoms with Crippen LogP contribution in [-0.2, 0) is 4.74 Å². The molecule has 3 aromatic rings. The smallest absolute Gasteiger partial charge is 0.358 e. The molecule has 0 unspecified atom stereocenters. The van der Waals surface area contributed by atoms with Crippen molar-refractivity contribution in [3.63, 3.8) is 0 Å². The van der Waals surface area contributed by atoms with Crippen LogP contribution in [0.15, 0.2) is 27.2 Å². The Labute approximate surface area is 141 Å². The van der Waals surface area contributed by atoms with Crippen molar-refractivity contribution in [1.82, 2.24) is 10.1 Å². The number of anilines is 3. The van der Waals surface area contributed by atoms with E-state index in [0.717, 1.165) is 7.11 Å². The lowest BCUT2D eigenvalue weighted by atomic mass is 10.2. The molecule has 3 N–H and O–H groups in total. The Morgan fingerprint density at radius 1 is 1.42 bits per heavy atom. The first-order valence-corrected chi connectivity index (χ1v) is 7.26. The third kappa shape index (κ3) is 2.64. The van der Waals surface area contributed by atoms with Crippen LogP contribution in [0.5, 0.6) is 0 Å². The predicted octanol–water partition coefficient (Wildman–Crippen LogP) is 3.38. The van der Waals surface area contributed by atoms with Crippen LogP contribution in [0, 0.1) is 11.6 Å². The van der Waals surface area contributed by atoms with Crippen molar-refractivity contribution >= 4 is 50.2 Å². The van der Waals surface area contributed by atoms with Gasteiger partial charge < -0.3 is 20.3 Å². The van der Waals surface area contributed by atoms with Crippen LogP contribution in [0.25, 0.3) is 11.1 Å². The van der Waals surface area contributed by atoms with Crippen molar-refractivity contribution in [1.29, 1.82) is 0 Å². The Hall–Kier alpha value is -2.75. The van der Waals surface area contributed by atoms with Gasteiger partial charge in [0, 0.05) is 4.47 Å². The molecule has 24 heavy (non-hydrogen) atoms. The number of pyridine rings is 1. The Morgan fingerprint density at radius 2 is 2.17 bits per heavy atom. The van der Waals surface area contributed by atoms with Gasteiger partial charge in [-0.3, -0.25) is 0 Å². The van der Waals surface area contributed by atoms with E-state index in [1.54, 1.807) is 6.07 Å². The number of methoxy groups -OCH3 is 1. The molecule has 2 heterocycles. The molecule has 0 atom stereocenters. The lowest BCUT2D eigenvalue weighted by Crippen LogP contribution is -2.11. The van der Waals surface area contributed by atoms with Crippen molar-refractivity contribution in [3.05, 3.63) is 40.0 Å². The van der Waals surface area contributed by atoms with Crippen LogP contribution in [0.1, 0.15) is 10.5 Å². The number of rotatable bonds is 3. The maximum atomic E-state index is 14.7. The number of aromatic nitrogens is 2. The number of carbonyl (C=O) groups is 1. The zero-order valence-corrected chi connectivity index (χ0v) is 13.6. The summed E-state index contributed by atoms with van der Waals surface area (Å²) in [6, 6.07) is 4.08. The molecule has 0 saturated carbocycles. The second-order valence-electron chi connectivity index (χ2n) is 4.64. The molecule has 124 valence electrons. The summed E-state index contributed by atoms with van der Waals surface area (Å²) in [6.45, 7) is 0. The molecule has 0 radical (unpaired) electrons. The van der Waals surface area contributed by atoms with E-state index in [-0.39, 0.29) is 22.6 Å². The van der Waals surface area contributed by atoms with Crippen LogP contribution in [0.3, 0.4) is 0 Å². The maximum absolute atomic E-state index is 14.7. The highest BCUT2D eigenvalue weighted by molar-refractivity contribution is 9.10. The molecule has 0 saturated heterocycles. The second kappa shape index (κ2) is 6.04. The van der Waals surface area contributed by atoms with Crippen molar-refractivity contribution in [2.24, 2.45) is 0 Å². The van der Waals surface area contributed by atoms with Gasteiger partial charge in [0.2, 0.25) is 5.58 Å². The summed E-state index contributed by atoms with van der Waals surface area (Å²) in [6.07, 6.45) is 0. The van der Waals surface area contributed by atoms with Crippen LogP contribution < -0.4 is 11.1 Å². The van der Waals surface area contributed by atoms with Gasteiger partial charge in [-0.15, -0.1) is 0 Å². The molecule has 0 amide bonds. The van der Waals surface area contributed by atoms with E-state index in [1.807, 2.05) is 0 Å². The number of nitrogens with two attached hydrogens (primary N) is 1. The zero-order chi connectivity index (χ0) is 17.4. The molecule has 0 spiro atoms. The van der Waals surface area contributed by atoms with Crippen molar-refractivity contribution in [2.75, 3.05) is 18.2 Å². The van der Waals surface area contributed by atoms with Gasteiger partial charge in [0.05, 0.1) is 12.8 Å². The van der Waals surface area contributed by atoms with Crippen LogP contribution in [0.4, 0.5) is 26.0 Å². The van der Waals surface area contributed by atoms with Crippen molar-refractivity contribution < 1.29 is 22.8 Å². The van der Waals surface area contributed by atoms with Gasteiger partial charge in [-0.2, -0.15) is 0 Å². The van der Waals surface area contributed by atoms with Gasteiger partial charge >= 0.3 is 5.97 Å². The van der Waals surface area contributed by atoms with Crippen LogP contribution >= 0.6 is 15.9 Å². The summed E-state index contributed by atoms with van der Waals surface area (Å²) in [5.74, 6) is -2.78. The van der Waals surface area contributed by atoms with E-state index in [0.29, 0.717) is 4.47 Å². The molecule has 2 aromatic heterocycles. The second-order valence-corrected chi connectivity index (χ2v) is 5.55. The lowest BCUT2D eigenvalue weighted by Gasteiger charge is -2.12. The Bertz CT molecular complexity index is 961. The predicted molar refractivity (Wildman–Crippen MR) is 84.9 cm³/mol. The first-order valence-electron chi connectivity index (χ1n) is 6.47. The zero-order valence-electron chi connectivity index (χ0n) is 12.1. The summed E-state index contributed by atoms with van der Waals surface area (Å²) in [5.41, 5.74) is 4.14. The summed E-state index contributed by atoms with van der Waals surface area (Å²) in [4.78, 5) is 15.8. The molecule has 0 bridgehead atoms. The fourth-order valence-corrected chi connectivity index (χ4v) is 2.35. The fourth-order valence-electron chi connectivity index (χ4n) is 2.02. The van der Waals surface area contributed by atoms with E-state index in [2.05, 4.69) is 36.1 Å². The van der Waals surface area contributed by atoms with E-state index in [9.17, 15) is 13.6 Å². The van der Waals surface area contributed by atoms with Gasteiger partial charge in [0.25, 0.3) is 0 Å². The highest BCUT2D eigenvalue weighted by Gasteiger charge is 2.26. The van der Waals surface area contributed by atoms with Crippen LogP contribution in [-0.4, -0.2) is 23.2 Å². The van der Waals surface area contributed by atoms with Gasteiger partial charge in [0.1, 0.15) is 11.5 Å². The van der Waals surface area contributed by atoms with E-state index >= 15 is 0 Å². The molecule has 0 aliphatic rings. The number of hydrogen-bond acceptors (Lipinski definition) is 7. The highest BCUT2D eigenvalue weighted by Crippen LogP contribution is 2.32. The molecule has 1 aromatic carbocycles. The number of halogens is 3. The maximum Gasteiger partial charge on any atom is 0.358 e. The minimum absolute atomic E-state index is 0.0732. The van der Waals surface area contributed by atoms with E-state index < -0.39 is 29.0 Å². The average Bonchev–Trinajstić information content (AvgIpc) is 2.92. The van der Waals surface area contributed by atoms with E-state index in [4.69, 9.17) is 10.3 Å². The molecule has 7 nitrogen and oxygen atoms in total. The summed E-state index contributed by atoms with van der Waals surface area (Å²) in [5, 5.41) is 5.89. The van der Waals surface area contributed by atoms with Gasteiger partial charge in [-0.25, -0.2) is 18.6 Å². The third-order valence-corrected chi connectivity index (χ3v) is 3.64. The number of benzene rings is 1. The van der Waals surface area contributed by atoms with Crippen LogP contribution in [0.2, 0.25) is 0 Å². The standard InChI is InChI=1S/C14H9BrF2N4O3/c1-23-14(22)10-9(19-7-3-2-5(15)4-6(7)16)8(17)12-11(20-10)13(18)21-24-12/h2-4,19H,1H3,(H2,18,21). The van der Waals surface area contributed by atoms with E-state index in [1.165, 1.54) is 12.1 Å². The molecule has 0 fully saturated rings. The molecular weight excluding hydrogens is 390 g/mol. The number of fused-ring (bicyclic) bond motifs is 1.